The van der Waals surface area contributed by atoms with Gasteiger partial charge >= 0.3 is 0 Å². The first-order chi connectivity index (χ1) is 8.95. The van der Waals surface area contributed by atoms with Gasteiger partial charge in [-0.3, -0.25) is 9.48 Å². The highest BCUT2D eigenvalue weighted by Gasteiger charge is 2.16. The highest BCUT2D eigenvalue weighted by Crippen LogP contribution is 2.11. The lowest BCUT2D eigenvalue weighted by atomic mass is 10.1. The second-order valence-electron chi connectivity index (χ2n) is 5.33. The number of amides is 1. The highest BCUT2D eigenvalue weighted by molar-refractivity contribution is 5.95. The number of aliphatic hydroxyl groups is 1. The van der Waals surface area contributed by atoms with Crippen molar-refractivity contribution in [2.24, 2.45) is 5.92 Å². The Labute approximate surface area is 115 Å². The third kappa shape index (κ3) is 4.67. The molecule has 0 bridgehead atoms. The van der Waals surface area contributed by atoms with Crippen molar-refractivity contribution >= 4 is 5.91 Å². The van der Waals surface area contributed by atoms with Gasteiger partial charge in [0.2, 0.25) is 0 Å². The molecule has 1 unspecified atom stereocenters. The van der Waals surface area contributed by atoms with E-state index in [0.717, 1.165) is 18.7 Å². The number of nitrogens with zero attached hydrogens (tertiary/aromatic N) is 2. The Balaban J connectivity index is 2.71. The number of aliphatic hydroxyl groups excluding tert-OH is 1. The normalized spacial score (nSPS) is 12.7. The Morgan fingerprint density at radius 1 is 1.47 bits per heavy atom. The molecule has 1 aromatic heterocycles. The molecule has 1 atom stereocenters. The number of rotatable bonds is 7. The molecule has 1 aromatic rings. The molecule has 0 radical (unpaired) electrons. The Kier molecular flexibility index (Phi) is 6.02. The molecule has 0 spiro atoms. The first-order valence-electron chi connectivity index (χ1n) is 6.96. The van der Waals surface area contributed by atoms with Crippen LogP contribution in [0.4, 0.5) is 0 Å². The summed E-state index contributed by atoms with van der Waals surface area (Å²) in [4.78, 5) is 12.1. The van der Waals surface area contributed by atoms with Gasteiger partial charge in [-0.05, 0) is 25.7 Å². The Morgan fingerprint density at radius 3 is 2.68 bits per heavy atom. The van der Waals surface area contributed by atoms with Gasteiger partial charge in [-0.15, -0.1) is 0 Å². The van der Waals surface area contributed by atoms with E-state index in [9.17, 15) is 9.90 Å². The fourth-order valence-corrected chi connectivity index (χ4v) is 1.97. The maximum absolute atomic E-state index is 12.1. The number of hydrogen-bond acceptors (Lipinski definition) is 3. The van der Waals surface area contributed by atoms with E-state index in [1.165, 1.54) is 0 Å². The molecule has 0 aliphatic heterocycles. The zero-order valence-electron chi connectivity index (χ0n) is 12.3. The number of carbonyl (C=O) groups excluding carboxylic acids is 1. The first-order valence-corrected chi connectivity index (χ1v) is 6.96. The topological polar surface area (TPSA) is 67.2 Å². The molecular weight excluding hydrogens is 242 g/mol. The zero-order valence-corrected chi connectivity index (χ0v) is 12.3. The van der Waals surface area contributed by atoms with Crippen LogP contribution in [-0.4, -0.2) is 33.4 Å². The molecule has 1 amide bonds. The Bertz CT molecular complexity index is 411. The van der Waals surface area contributed by atoms with Crippen LogP contribution >= 0.6 is 0 Å². The SMILES string of the molecule is CCc1c(C(=O)NCCC(C)O)cnn1CC(C)C. The van der Waals surface area contributed by atoms with Crippen molar-refractivity contribution in [2.45, 2.75) is 53.2 Å². The van der Waals surface area contributed by atoms with Crippen LogP contribution in [0.3, 0.4) is 0 Å². The van der Waals surface area contributed by atoms with Gasteiger partial charge in [0.25, 0.3) is 5.91 Å². The van der Waals surface area contributed by atoms with Crippen molar-refractivity contribution in [3.63, 3.8) is 0 Å². The van der Waals surface area contributed by atoms with E-state index in [4.69, 9.17) is 0 Å². The smallest absolute Gasteiger partial charge is 0.254 e. The van der Waals surface area contributed by atoms with Gasteiger partial charge in [0.1, 0.15) is 0 Å². The molecule has 0 saturated carbocycles. The van der Waals surface area contributed by atoms with Gasteiger partial charge < -0.3 is 10.4 Å². The van der Waals surface area contributed by atoms with Crippen molar-refractivity contribution in [1.82, 2.24) is 15.1 Å². The molecule has 5 nitrogen and oxygen atoms in total. The van der Waals surface area contributed by atoms with Gasteiger partial charge in [-0.1, -0.05) is 20.8 Å². The lowest BCUT2D eigenvalue weighted by molar-refractivity contribution is 0.0944. The predicted molar refractivity (Wildman–Crippen MR) is 75.1 cm³/mol. The van der Waals surface area contributed by atoms with Gasteiger partial charge in [-0.2, -0.15) is 5.10 Å². The van der Waals surface area contributed by atoms with E-state index in [-0.39, 0.29) is 5.91 Å². The zero-order chi connectivity index (χ0) is 14.4. The Hall–Kier alpha value is -1.36. The molecule has 0 fully saturated rings. The number of carbonyl (C=O) groups is 1. The third-order valence-corrected chi connectivity index (χ3v) is 2.91. The van der Waals surface area contributed by atoms with Gasteiger partial charge in [0.05, 0.1) is 23.6 Å². The van der Waals surface area contributed by atoms with Crippen LogP contribution in [0.15, 0.2) is 6.20 Å². The Morgan fingerprint density at radius 2 is 2.16 bits per heavy atom. The summed E-state index contributed by atoms with van der Waals surface area (Å²) in [5.74, 6) is 0.392. The minimum absolute atomic E-state index is 0.104. The molecule has 19 heavy (non-hydrogen) atoms. The molecule has 0 aromatic carbocycles. The summed E-state index contributed by atoms with van der Waals surface area (Å²) in [7, 11) is 0. The monoisotopic (exact) mass is 267 g/mol. The summed E-state index contributed by atoms with van der Waals surface area (Å²) in [6, 6.07) is 0. The minimum atomic E-state index is -0.394. The third-order valence-electron chi connectivity index (χ3n) is 2.91. The summed E-state index contributed by atoms with van der Waals surface area (Å²) in [5, 5.41) is 16.3. The molecule has 1 rings (SSSR count). The molecule has 0 aliphatic rings. The van der Waals surface area contributed by atoms with Crippen LogP contribution < -0.4 is 5.32 Å². The summed E-state index contributed by atoms with van der Waals surface area (Å²) < 4.78 is 1.91. The van der Waals surface area contributed by atoms with E-state index in [0.29, 0.717) is 24.4 Å². The molecule has 1 heterocycles. The van der Waals surface area contributed by atoms with Gasteiger partial charge in [-0.25, -0.2) is 0 Å². The van der Waals surface area contributed by atoms with Crippen molar-refractivity contribution in [2.75, 3.05) is 6.54 Å². The predicted octanol–water partition coefficient (Wildman–Crippen LogP) is 1.60. The van der Waals surface area contributed by atoms with E-state index in [2.05, 4.69) is 24.3 Å². The highest BCUT2D eigenvalue weighted by atomic mass is 16.3. The van der Waals surface area contributed by atoms with E-state index in [1.54, 1.807) is 13.1 Å². The maximum Gasteiger partial charge on any atom is 0.254 e. The summed E-state index contributed by atoms with van der Waals surface area (Å²) in [6.07, 6.45) is 2.59. The molecule has 2 N–H and O–H groups in total. The van der Waals surface area contributed by atoms with Crippen molar-refractivity contribution in [1.29, 1.82) is 0 Å². The van der Waals surface area contributed by atoms with Crippen LogP contribution in [0.25, 0.3) is 0 Å². The van der Waals surface area contributed by atoms with E-state index in [1.807, 2.05) is 11.6 Å². The number of hydrogen-bond donors (Lipinski definition) is 2. The van der Waals surface area contributed by atoms with Crippen LogP contribution in [0, 0.1) is 5.92 Å². The number of nitrogens with one attached hydrogen (secondary N) is 1. The van der Waals surface area contributed by atoms with Crippen LogP contribution in [0.1, 0.15) is 50.2 Å². The molecule has 5 heteroatoms. The van der Waals surface area contributed by atoms with Crippen molar-refractivity contribution < 1.29 is 9.90 Å². The largest absolute Gasteiger partial charge is 0.393 e. The van der Waals surface area contributed by atoms with E-state index < -0.39 is 6.10 Å². The standard InChI is InChI=1S/C14H25N3O2/c1-5-13-12(8-16-17(13)9-10(2)3)14(19)15-7-6-11(4)18/h8,10-11,18H,5-7,9H2,1-4H3,(H,15,19). The lowest BCUT2D eigenvalue weighted by Gasteiger charge is -2.10. The molecule has 0 saturated heterocycles. The van der Waals surface area contributed by atoms with Gasteiger partial charge in [0, 0.05) is 13.1 Å². The fraction of sp³-hybridized carbons (Fsp3) is 0.714. The van der Waals surface area contributed by atoms with Crippen LogP contribution in [0.2, 0.25) is 0 Å². The van der Waals surface area contributed by atoms with E-state index >= 15 is 0 Å². The molecule has 108 valence electrons. The summed E-state index contributed by atoms with van der Waals surface area (Å²) in [5.41, 5.74) is 1.62. The second-order valence-corrected chi connectivity index (χ2v) is 5.33. The van der Waals surface area contributed by atoms with Gasteiger partial charge in [0.15, 0.2) is 0 Å². The molecule has 0 aliphatic carbocycles. The lowest BCUT2D eigenvalue weighted by Crippen LogP contribution is -2.27. The summed E-state index contributed by atoms with van der Waals surface area (Å²) >= 11 is 0. The average Bonchev–Trinajstić information content (AvgIpc) is 2.70. The fourth-order valence-electron chi connectivity index (χ4n) is 1.97. The van der Waals surface area contributed by atoms with Crippen molar-refractivity contribution in [3.8, 4) is 0 Å². The average molecular weight is 267 g/mol. The first kappa shape index (κ1) is 15.7. The number of aromatic nitrogens is 2. The second kappa shape index (κ2) is 7.28. The minimum Gasteiger partial charge on any atom is -0.393 e. The maximum atomic E-state index is 12.1. The van der Waals surface area contributed by atoms with Crippen LogP contribution in [0.5, 0.6) is 0 Å². The van der Waals surface area contributed by atoms with Crippen LogP contribution in [-0.2, 0) is 13.0 Å². The van der Waals surface area contributed by atoms with Crippen molar-refractivity contribution in [3.05, 3.63) is 17.5 Å². The summed E-state index contributed by atoms with van der Waals surface area (Å²) in [6.45, 7) is 9.30. The quantitative estimate of drug-likeness (QED) is 0.788. The molecular formula is C14H25N3O2.